The minimum absolute atomic E-state index is 0.203. The highest BCUT2D eigenvalue weighted by Gasteiger charge is 2.67. The Bertz CT molecular complexity index is 1570. The molecular formula is C37H36N2O6. The fraction of sp³-hybridized carbons (Fsp3) is 0.297. The lowest BCUT2D eigenvalue weighted by molar-refractivity contribution is -0.201. The summed E-state index contributed by atoms with van der Waals surface area (Å²) in [6, 6.07) is 38.5. The lowest BCUT2D eigenvalue weighted by Gasteiger charge is -2.28. The molecule has 8 heteroatoms. The van der Waals surface area contributed by atoms with Crippen LogP contribution < -0.4 is 0 Å². The standard InChI is InChI=1S/C37H36N2O6/c40-36-31-32-35(44-24-29-19-11-4-12-20-29)33(43-23-28-17-9-3-10-18-28)30(25-42-22-27-15-7-2-8-16-27)39(32)45-34(31)37(41)38(36)21-26-13-5-1-6-14-26/h1-20,30-35H,21-25H2/t30-,31-,32+,33-,34+,35+/m1/s1. The number of hydroxylamine groups is 2. The number of amides is 2. The molecule has 0 bridgehead atoms. The van der Waals surface area contributed by atoms with Gasteiger partial charge in [0.2, 0.25) is 5.91 Å². The summed E-state index contributed by atoms with van der Waals surface area (Å²) in [7, 11) is 0. The molecule has 6 atom stereocenters. The number of carbonyl (C=O) groups excluding carboxylic acids is 2. The Hall–Kier alpha value is -4.18. The minimum Gasteiger partial charge on any atom is -0.375 e. The highest BCUT2D eigenvalue weighted by atomic mass is 16.7. The zero-order valence-corrected chi connectivity index (χ0v) is 24.9. The maximum absolute atomic E-state index is 14.0. The monoisotopic (exact) mass is 604 g/mol. The summed E-state index contributed by atoms with van der Waals surface area (Å²) in [4.78, 5) is 35.4. The van der Waals surface area contributed by atoms with E-state index in [0.717, 1.165) is 22.3 Å². The highest BCUT2D eigenvalue weighted by Crippen LogP contribution is 2.46. The molecule has 230 valence electrons. The van der Waals surface area contributed by atoms with E-state index in [1.54, 1.807) is 5.06 Å². The van der Waals surface area contributed by atoms with Crippen LogP contribution in [0.1, 0.15) is 22.3 Å². The predicted molar refractivity (Wildman–Crippen MR) is 166 cm³/mol. The van der Waals surface area contributed by atoms with Crippen molar-refractivity contribution in [3.8, 4) is 0 Å². The van der Waals surface area contributed by atoms with Gasteiger partial charge in [0.05, 0.1) is 51.0 Å². The van der Waals surface area contributed by atoms with Crippen molar-refractivity contribution in [2.75, 3.05) is 6.61 Å². The Morgan fingerprint density at radius 3 is 1.62 bits per heavy atom. The molecule has 2 amide bonds. The molecule has 0 spiro atoms. The van der Waals surface area contributed by atoms with Gasteiger partial charge in [0, 0.05) is 0 Å². The van der Waals surface area contributed by atoms with Crippen molar-refractivity contribution >= 4 is 11.8 Å². The van der Waals surface area contributed by atoms with E-state index in [9.17, 15) is 9.59 Å². The van der Waals surface area contributed by atoms with E-state index in [0.29, 0.717) is 19.8 Å². The molecule has 45 heavy (non-hydrogen) atoms. The second-order valence-electron chi connectivity index (χ2n) is 11.7. The molecule has 0 unspecified atom stereocenters. The van der Waals surface area contributed by atoms with Crippen molar-refractivity contribution in [2.45, 2.75) is 56.8 Å². The summed E-state index contributed by atoms with van der Waals surface area (Å²) in [5, 5.41) is 1.78. The van der Waals surface area contributed by atoms with Gasteiger partial charge >= 0.3 is 0 Å². The quantitative estimate of drug-likeness (QED) is 0.212. The summed E-state index contributed by atoms with van der Waals surface area (Å²) >= 11 is 0. The first-order valence-electron chi connectivity index (χ1n) is 15.4. The smallest absolute Gasteiger partial charge is 0.261 e. The van der Waals surface area contributed by atoms with E-state index < -0.39 is 36.3 Å². The van der Waals surface area contributed by atoms with E-state index in [1.165, 1.54) is 4.90 Å². The van der Waals surface area contributed by atoms with E-state index in [-0.39, 0.29) is 25.0 Å². The second-order valence-corrected chi connectivity index (χ2v) is 11.7. The fourth-order valence-corrected chi connectivity index (χ4v) is 6.62. The van der Waals surface area contributed by atoms with Gasteiger partial charge in [0.25, 0.3) is 5.91 Å². The van der Waals surface area contributed by atoms with Crippen LogP contribution in [-0.4, -0.2) is 58.8 Å². The van der Waals surface area contributed by atoms with Crippen molar-refractivity contribution < 1.29 is 28.6 Å². The average molecular weight is 605 g/mol. The zero-order chi connectivity index (χ0) is 30.6. The van der Waals surface area contributed by atoms with Crippen LogP contribution in [0.15, 0.2) is 121 Å². The van der Waals surface area contributed by atoms with Crippen LogP contribution in [0.4, 0.5) is 0 Å². The molecule has 3 heterocycles. The summed E-state index contributed by atoms with van der Waals surface area (Å²) in [6.07, 6.45) is -1.95. The number of ether oxygens (including phenoxy) is 3. The van der Waals surface area contributed by atoms with Crippen LogP contribution in [0.5, 0.6) is 0 Å². The van der Waals surface area contributed by atoms with Crippen LogP contribution in [-0.2, 0) is 55.0 Å². The van der Waals surface area contributed by atoms with E-state index in [4.69, 9.17) is 19.0 Å². The molecule has 0 aliphatic carbocycles. The molecular weight excluding hydrogens is 568 g/mol. The summed E-state index contributed by atoms with van der Waals surface area (Å²) < 4.78 is 19.5. The minimum atomic E-state index is -0.916. The molecule has 0 saturated carbocycles. The van der Waals surface area contributed by atoms with Crippen molar-refractivity contribution in [3.63, 3.8) is 0 Å². The molecule has 3 fully saturated rings. The number of fused-ring (bicyclic) bond motifs is 3. The average Bonchev–Trinajstić information content (AvgIpc) is 3.68. The Balaban J connectivity index is 1.18. The van der Waals surface area contributed by atoms with E-state index in [1.807, 2.05) is 121 Å². The van der Waals surface area contributed by atoms with Gasteiger partial charge in [-0.2, -0.15) is 5.06 Å². The molecule has 4 aromatic rings. The van der Waals surface area contributed by atoms with Gasteiger partial charge in [0.15, 0.2) is 6.10 Å². The third-order valence-electron chi connectivity index (χ3n) is 8.80. The molecule has 7 rings (SSSR count). The predicted octanol–water partition coefficient (Wildman–Crippen LogP) is 4.93. The highest BCUT2D eigenvalue weighted by molar-refractivity contribution is 6.07. The Kier molecular flexibility index (Phi) is 8.82. The fourth-order valence-electron chi connectivity index (χ4n) is 6.62. The van der Waals surface area contributed by atoms with Crippen LogP contribution in [0, 0.1) is 5.92 Å². The van der Waals surface area contributed by atoms with E-state index >= 15 is 0 Å². The van der Waals surface area contributed by atoms with Gasteiger partial charge in [-0.15, -0.1) is 0 Å². The first-order valence-corrected chi connectivity index (χ1v) is 15.4. The van der Waals surface area contributed by atoms with Crippen molar-refractivity contribution in [2.24, 2.45) is 5.92 Å². The third-order valence-corrected chi connectivity index (χ3v) is 8.80. The molecule has 3 saturated heterocycles. The number of rotatable bonds is 12. The molecule has 3 aliphatic heterocycles. The van der Waals surface area contributed by atoms with Crippen LogP contribution in [0.3, 0.4) is 0 Å². The lowest BCUT2D eigenvalue weighted by atomic mass is 9.92. The Morgan fingerprint density at radius 1 is 0.578 bits per heavy atom. The summed E-state index contributed by atoms with van der Waals surface area (Å²) in [6.45, 7) is 1.56. The molecule has 4 aromatic carbocycles. The van der Waals surface area contributed by atoms with E-state index in [2.05, 4.69) is 0 Å². The summed E-state index contributed by atoms with van der Waals surface area (Å²) in [5.41, 5.74) is 3.96. The topological polar surface area (TPSA) is 77.5 Å². The third kappa shape index (κ3) is 6.20. The number of hydrogen-bond donors (Lipinski definition) is 0. The number of hydrogen-bond acceptors (Lipinski definition) is 7. The van der Waals surface area contributed by atoms with Crippen LogP contribution in [0.2, 0.25) is 0 Å². The first-order chi connectivity index (χ1) is 22.2. The number of benzene rings is 4. The van der Waals surface area contributed by atoms with Crippen molar-refractivity contribution in [3.05, 3.63) is 144 Å². The van der Waals surface area contributed by atoms with Gasteiger partial charge in [-0.25, -0.2) is 0 Å². The van der Waals surface area contributed by atoms with Gasteiger partial charge in [0.1, 0.15) is 12.2 Å². The Labute approximate surface area is 263 Å². The largest absolute Gasteiger partial charge is 0.375 e. The molecule has 3 aliphatic rings. The molecule has 0 aromatic heterocycles. The first kappa shape index (κ1) is 29.5. The van der Waals surface area contributed by atoms with Gasteiger partial charge < -0.3 is 14.2 Å². The molecule has 0 radical (unpaired) electrons. The maximum atomic E-state index is 14.0. The van der Waals surface area contributed by atoms with Crippen LogP contribution in [0.25, 0.3) is 0 Å². The molecule has 0 N–H and O–H groups in total. The number of likely N-dealkylation sites (tertiary alicyclic amines) is 1. The second kappa shape index (κ2) is 13.4. The Morgan fingerprint density at radius 2 is 1.07 bits per heavy atom. The maximum Gasteiger partial charge on any atom is 0.261 e. The summed E-state index contributed by atoms with van der Waals surface area (Å²) in [5.74, 6) is -1.29. The van der Waals surface area contributed by atoms with Gasteiger partial charge in [-0.1, -0.05) is 121 Å². The number of imide groups is 1. The SMILES string of the molecule is O=C1[C@@H]2[C@H]3[C@H](OCc4ccccc4)[C@H](OCc4ccccc4)[C@@H](COCc4ccccc4)N3O[C@@H]2C(=O)N1Cc1ccccc1. The van der Waals surface area contributed by atoms with Gasteiger partial charge in [-0.05, 0) is 22.3 Å². The van der Waals surface area contributed by atoms with Crippen molar-refractivity contribution in [1.82, 2.24) is 9.96 Å². The van der Waals surface area contributed by atoms with Crippen molar-refractivity contribution in [1.29, 1.82) is 0 Å². The van der Waals surface area contributed by atoms with Gasteiger partial charge in [-0.3, -0.25) is 19.3 Å². The van der Waals surface area contributed by atoms with Crippen LogP contribution >= 0.6 is 0 Å². The number of nitrogens with zero attached hydrogens (tertiary/aromatic N) is 2. The normalized spacial score (nSPS) is 25.9. The lowest BCUT2D eigenvalue weighted by Crippen LogP contribution is -2.43. The number of carbonyl (C=O) groups is 2. The zero-order valence-electron chi connectivity index (χ0n) is 24.9. The molecule has 8 nitrogen and oxygen atoms in total.